The van der Waals surface area contributed by atoms with Crippen molar-refractivity contribution in [2.45, 2.75) is 6.42 Å². The van der Waals surface area contributed by atoms with Crippen LogP contribution in [0.15, 0.2) is 23.3 Å². The summed E-state index contributed by atoms with van der Waals surface area (Å²) in [5, 5.41) is 9.01. The van der Waals surface area contributed by atoms with Crippen LogP contribution in [0.25, 0.3) is 0 Å². The zero-order chi connectivity index (χ0) is 10.1. The second-order valence-corrected chi connectivity index (χ2v) is 3.16. The van der Waals surface area contributed by atoms with Gasteiger partial charge in [-0.25, -0.2) is 0 Å². The maximum Gasteiger partial charge on any atom is 0.0725 e. The normalized spacial score (nSPS) is 11.8. The first-order valence-electron chi connectivity index (χ1n) is 4.00. The molecule has 0 rings (SSSR count). The molecule has 2 nitrogen and oxygen atoms in total. The first-order chi connectivity index (χ1) is 6.22. The standard InChI is InChI=1S/C9H14Cl2O2/c1-8(9(11)3-4-10)7-13-6-2-5-12/h3,12H,1-2,4-7H2/b9-3+. The fourth-order valence-electron chi connectivity index (χ4n) is 0.643. The number of ether oxygens (including phenoxy) is 1. The summed E-state index contributed by atoms with van der Waals surface area (Å²) in [7, 11) is 0. The molecule has 0 atom stereocenters. The van der Waals surface area contributed by atoms with Gasteiger partial charge in [-0.3, -0.25) is 0 Å². The Morgan fingerprint density at radius 3 is 2.77 bits per heavy atom. The lowest BCUT2D eigenvalue weighted by Gasteiger charge is -2.04. The highest BCUT2D eigenvalue weighted by atomic mass is 35.5. The number of allylic oxidation sites excluding steroid dienone is 1. The molecule has 0 unspecified atom stereocenters. The van der Waals surface area contributed by atoms with Crippen molar-refractivity contribution >= 4 is 23.2 Å². The minimum atomic E-state index is 0.137. The molecule has 0 bridgehead atoms. The van der Waals surface area contributed by atoms with Gasteiger partial charge in [0.1, 0.15) is 0 Å². The lowest BCUT2D eigenvalue weighted by atomic mass is 10.3. The highest BCUT2D eigenvalue weighted by molar-refractivity contribution is 6.32. The van der Waals surface area contributed by atoms with Crippen molar-refractivity contribution in [3.63, 3.8) is 0 Å². The van der Waals surface area contributed by atoms with Crippen LogP contribution in [0.3, 0.4) is 0 Å². The van der Waals surface area contributed by atoms with Gasteiger partial charge in [0.25, 0.3) is 0 Å². The number of aliphatic hydroxyl groups is 1. The summed E-state index contributed by atoms with van der Waals surface area (Å²) in [4.78, 5) is 0. The minimum absolute atomic E-state index is 0.137. The van der Waals surface area contributed by atoms with E-state index < -0.39 is 0 Å². The maximum atomic E-state index is 8.47. The molecule has 0 aromatic rings. The van der Waals surface area contributed by atoms with Crippen LogP contribution >= 0.6 is 23.2 Å². The Bertz CT molecular complexity index is 178. The average molecular weight is 225 g/mol. The Morgan fingerprint density at radius 2 is 2.23 bits per heavy atom. The third kappa shape index (κ3) is 7.08. The molecule has 0 amide bonds. The predicted octanol–water partition coefficient (Wildman–Crippen LogP) is 2.30. The highest BCUT2D eigenvalue weighted by Crippen LogP contribution is 2.13. The number of hydrogen-bond acceptors (Lipinski definition) is 2. The zero-order valence-corrected chi connectivity index (χ0v) is 8.94. The van der Waals surface area contributed by atoms with Gasteiger partial charge < -0.3 is 9.84 Å². The van der Waals surface area contributed by atoms with Gasteiger partial charge in [0, 0.05) is 24.1 Å². The molecule has 76 valence electrons. The lowest BCUT2D eigenvalue weighted by molar-refractivity contribution is 0.135. The third-order valence-electron chi connectivity index (χ3n) is 1.32. The summed E-state index contributed by atoms with van der Waals surface area (Å²) in [6.07, 6.45) is 2.30. The summed E-state index contributed by atoms with van der Waals surface area (Å²) < 4.78 is 5.18. The molecule has 0 radical (unpaired) electrons. The van der Waals surface area contributed by atoms with Gasteiger partial charge in [0.05, 0.1) is 6.61 Å². The van der Waals surface area contributed by atoms with Crippen molar-refractivity contribution in [2.75, 3.05) is 25.7 Å². The molecule has 0 saturated carbocycles. The predicted molar refractivity (Wildman–Crippen MR) is 56.3 cm³/mol. The van der Waals surface area contributed by atoms with Crippen LogP contribution in [-0.4, -0.2) is 30.8 Å². The van der Waals surface area contributed by atoms with Crippen molar-refractivity contribution in [3.8, 4) is 0 Å². The van der Waals surface area contributed by atoms with Crippen LogP contribution in [0.4, 0.5) is 0 Å². The van der Waals surface area contributed by atoms with Gasteiger partial charge in [-0.1, -0.05) is 24.3 Å². The van der Waals surface area contributed by atoms with Gasteiger partial charge in [-0.2, -0.15) is 0 Å². The van der Waals surface area contributed by atoms with Crippen LogP contribution in [0, 0.1) is 0 Å². The zero-order valence-electron chi connectivity index (χ0n) is 7.43. The van der Waals surface area contributed by atoms with Crippen molar-refractivity contribution < 1.29 is 9.84 Å². The van der Waals surface area contributed by atoms with E-state index in [1.807, 2.05) is 0 Å². The summed E-state index contributed by atoms with van der Waals surface area (Å²) in [6.45, 7) is 4.76. The SMILES string of the molecule is C=C(COCCCO)/C(Cl)=C\CCl. The first-order valence-corrected chi connectivity index (χ1v) is 4.92. The van der Waals surface area contributed by atoms with E-state index in [2.05, 4.69) is 6.58 Å². The first kappa shape index (κ1) is 13.0. The van der Waals surface area contributed by atoms with Crippen LogP contribution in [0.1, 0.15) is 6.42 Å². The lowest BCUT2D eigenvalue weighted by Crippen LogP contribution is -2.01. The summed E-state index contributed by atoms with van der Waals surface area (Å²) in [5.41, 5.74) is 0.709. The molecule has 0 saturated heterocycles. The van der Waals surface area contributed by atoms with Crippen LogP contribution < -0.4 is 0 Å². The molecule has 0 aromatic heterocycles. The largest absolute Gasteiger partial charge is 0.396 e. The van der Waals surface area contributed by atoms with Gasteiger partial charge in [0.15, 0.2) is 0 Å². The molecular weight excluding hydrogens is 211 g/mol. The van der Waals surface area contributed by atoms with Crippen LogP contribution in [0.5, 0.6) is 0 Å². The van der Waals surface area contributed by atoms with E-state index in [-0.39, 0.29) is 6.61 Å². The van der Waals surface area contributed by atoms with E-state index in [1.54, 1.807) is 6.08 Å². The van der Waals surface area contributed by atoms with E-state index in [0.29, 0.717) is 36.1 Å². The van der Waals surface area contributed by atoms with Crippen LogP contribution in [0.2, 0.25) is 0 Å². The number of rotatable bonds is 7. The summed E-state index contributed by atoms with van der Waals surface area (Å²) >= 11 is 11.2. The van der Waals surface area contributed by atoms with Gasteiger partial charge in [-0.05, 0) is 12.0 Å². The molecule has 0 aliphatic heterocycles. The number of hydrogen-bond donors (Lipinski definition) is 1. The number of halogens is 2. The third-order valence-corrected chi connectivity index (χ3v) is 1.89. The van der Waals surface area contributed by atoms with E-state index in [1.165, 1.54) is 0 Å². The second-order valence-electron chi connectivity index (χ2n) is 2.44. The van der Waals surface area contributed by atoms with Gasteiger partial charge >= 0.3 is 0 Å². The molecule has 0 heterocycles. The Hall–Kier alpha value is -0.0200. The minimum Gasteiger partial charge on any atom is -0.396 e. The second kappa shape index (κ2) is 8.57. The van der Waals surface area contributed by atoms with E-state index in [4.69, 9.17) is 33.0 Å². The molecule has 13 heavy (non-hydrogen) atoms. The van der Waals surface area contributed by atoms with Crippen molar-refractivity contribution in [3.05, 3.63) is 23.3 Å². The molecule has 0 fully saturated rings. The quantitative estimate of drug-likeness (QED) is 0.409. The molecule has 0 aliphatic rings. The smallest absolute Gasteiger partial charge is 0.0725 e. The monoisotopic (exact) mass is 224 g/mol. The summed E-state index contributed by atoms with van der Waals surface area (Å²) in [5.74, 6) is 0.370. The number of aliphatic hydroxyl groups excluding tert-OH is 1. The average Bonchev–Trinajstić information content (AvgIpc) is 2.12. The molecule has 1 N–H and O–H groups in total. The number of alkyl halides is 1. The van der Waals surface area contributed by atoms with Crippen molar-refractivity contribution in [1.29, 1.82) is 0 Å². The Labute approximate surface area is 88.8 Å². The molecule has 4 heteroatoms. The van der Waals surface area contributed by atoms with Crippen LogP contribution in [-0.2, 0) is 4.74 Å². The van der Waals surface area contributed by atoms with E-state index in [9.17, 15) is 0 Å². The van der Waals surface area contributed by atoms with E-state index >= 15 is 0 Å². The Balaban J connectivity index is 3.56. The van der Waals surface area contributed by atoms with Gasteiger partial charge in [0.2, 0.25) is 0 Å². The molecule has 0 aliphatic carbocycles. The Morgan fingerprint density at radius 1 is 1.54 bits per heavy atom. The molecule has 0 spiro atoms. The fourth-order valence-corrected chi connectivity index (χ4v) is 1.01. The van der Waals surface area contributed by atoms with E-state index in [0.717, 1.165) is 0 Å². The fraction of sp³-hybridized carbons (Fsp3) is 0.556. The van der Waals surface area contributed by atoms with Crippen molar-refractivity contribution in [1.82, 2.24) is 0 Å². The molecule has 0 aromatic carbocycles. The maximum absolute atomic E-state index is 8.47. The van der Waals surface area contributed by atoms with Gasteiger partial charge in [-0.15, -0.1) is 11.6 Å². The summed E-state index contributed by atoms with van der Waals surface area (Å²) in [6, 6.07) is 0. The highest BCUT2D eigenvalue weighted by Gasteiger charge is 1.98. The Kier molecular flexibility index (Phi) is 8.56. The topological polar surface area (TPSA) is 29.5 Å². The molecular formula is C9H14Cl2O2. The van der Waals surface area contributed by atoms with Crippen molar-refractivity contribution in [2.24, 2.45) is 0 Å².